The summed E-state index contributed by atoms with van der Waals surface area (Å²) < 4.78 is 0. The van der Waals surface area contributed by atoms with Crippen LogP contribution in [0.2, 0.25) is 0 Å². The maximum Gasteiger partial charge on any atom is 0.0121 e. The van der Waals surface area contributed by atoms with E-state index in [1.54, 1.807) is 0 Å². The van der Waals surface area contributed by atoms with Gasteiger partial charge in [-0.2, -0.15) is 49.4 Å². The van der Waals surface area contributed by atoms with Gasteiger partial charge in [0.1, 0.15) is 0 Å². The third kappa shape index (κ3) is 11.1. The van der Waals surface area contributed by atoms with E-state index >= 15 is 0 Å². The van der Waals surface area contributed by atoms with Crippen molar-refractivity contribution in [1.82, 2.24) is 55.3 Å². The molecule has 0 fully saturated rings. The summed E-state index contributed by atoms with van der Waals surface area (Å²) in [6.45, 7) is 3.15. The Labute approximate surface area is 74.1 Å². The zero-order valence-corrected chi connectivity index (χ0v) is 6.73. The van der Waals surface area contributed by atoms with E-state index in [1.165, 1.54) is 0 Å². The van der Waals surface area contributed by atoms with Gasteiger partial charge in [-0.15, -0.1) is 5.53 Å². The van der Waals surface area contributed by atoms with Gasteiger partial charge in [0.15, 0.2) is 0 Å². The largest absolute Gasteiger partial charge is 0.257 e. The van der Waals surface area contributed by atoms with Gasteiger partial charge in [-0.25, -0.2) is 5.53 Å². The molecule has 0 bridgehead atoms. The third-order valence-electron chi connectivity index (χ3n) is 0.645. The summed E-state index contributed by atoms with van der Waals surface area (Å²) in [6.07, 6.45) is 0. The van der Waals surface area contributed by atoms with Gasteiger partial charge in [0.25, 0.3) is 0 Å². The van der Waals surface area contributed by atoms with E-state index in [2.05, 4.69) is 67.2 Å². The Balaban J connectivity index is 2.79. The summed E-state index contributed by atoms with van der Waals surface area (Å²) >= 11 is 0. The first-order valence-corrected chi connectivity index (χ1v) is 3.08. The fraction of sp³-hybridized carbons (Fsp3) is 0. The summed E-state index contributed by atoms with van der Waals surface area (Å²) in [4.78, 5) is 0. The second kappa shape index (κ2) is 11.1. The summed E-state index contributed by atoms with van der Waals surface area (Å²) in [5.74, 6) is 4.85. The molecular formula is CH14N12. The van der Waals surface area contributed by atoms with Gasteiger partial charge in [-0.3, -0.25) is 5.84 Å². The smallest absolute Gasteiger partial charge is 0.0121 e. The van der Waals surface area contributed by atoms with Crippen molar-refractivity contribution in [2.24, 2.45) is 10.9 Å². The van der Waals surface area contributed by atoms with Crippen LogP contribution in [0, 0.1) is 0 Å². The first-order chi connectivity index (χ1) is 6.41. The molecule has 0 rings (SSSR count). The predicted molar refractivity (Wildman–Crippen MR) is 45.1 cm³/mol. The van der Waals surface area contributed by atoms with E-state index in [0.717, 1.165) is 0 Å². The van der Waals surface area contributed by atoms with E-state index in [-0.39, 0.29) is 0 Å². The number of nitrogens with zero attached hydrogens (tertiary/aromatic N) is 1. The summed E-state index contributed by atoms with van der Waals surface area (Å²) in [7, 11) is 0. The molecule has 0 aliphatic rings. The quantitative estimate of drug-likeness (QED) is 0.0697. The molecule has 0 heterocycles. The van der Waals surface area contributed by atoms with Gasteiger partial charge in [0.05, 0.1) is 0 Å². The number of rotatable bonds is 10. The minimum atomic E-state index is 2.12. The van der Waals surface area contributed by atoms with Gasteiger partial charge in [-0.1, -0.05) is 0 Å². The molecule has 12 heteroatoms. The number of hydrogen-bond acceptors (Lipinski definition) is 12. The summed E-state index contributed by atoms with van der Waals surface area (Å²) in [6, 6.07) is 0. The highest BCUT2D eigenvalue weighted by Gasteiger charge is 1.79. The van der Waals surface area contributed by atoms with Crippen LogP contribution in [0.15, 0.2) is 5.10 Å². The van der Waals surface area contributed by atoms with Crippen LogP contribution in [-0.2, 0) is 0 Å². The van der Waals surface area contributed by atoms with Gasteiger partial charge in [0.2, 0.25) is 0 Å². The molecule has 0 aromatic heterocycles. The van der Waals surface area contributed by atoms with Crippen LogP contribution in [0.3, 0.4) is 0 Å². The van der Waals surface area contributed by atoms with E-state index in [9.17, 15) is 0 Å². The lowest BCUT2D eigenvalue weighted by atomic mass is 11.7. The summed E-state index contributed by atoms with van der Waals surface area (Å²) in [5.41, 5.74) is 23.7. The second-order valence-corrected chi connectivity index (χ2v) is 1.41. The number of hydrazone groups is 1. The molecule has 0 aliphatic carbocycles. The van der Waals surface area contributed by atoms with Crippen LogP contribution in [-0.4, -0.2) is 6.72 Å². The number of nitrogens with two attached hydrogens (primary N) is 1. The SMILES string of the molecule is C=NNNNNNNNNNNN. The first-order valence-electron chi connectivity index (χ1n) is 3.08. The maximum atomic E-state index is 4.85. The molecule has 0 radical (unpaired) electrons. The van der Waals surface area contributed by atoms with Crippen LogP contribution in [0.5, 0.6) is 0 Å². The Morgan fingerprint density at radius 1 is 0.769 bits per heavy atom. The minimum absolute atomic E-state index is 2.12. The lowest BCUT2D eigenvalue weighted by Crippen LogP contribution is -2.65. The fourth-order valence-electron chi connectivity index (χ4n) is 0.291. The van der Waals surface area contributed by atoms with Crippen molar-refractivity contribution in [2.45, 2.75) is 0 Å². The number of hydrogen-bond donors (Lipinski definition) is 11. The Bertz CT molecular complexity index is 99.3. The lowest BCUT2D eigenvalue weighted by Gasteiger charge is -2.11. The topological polar surface area (TPSA) is 159 Å². The van der Waals surface area contributed by atoms with Crippen LogP contribution >= 0.6 is 0 Å². The Morgan fingerprint density at radius 2 is 1.23 bits per heavy atom. The standard InChI is InChI=1S/CH14N12/c1-3-5-7-9-11-13-12-10-8-6-4-2/h4-13H,1-2H2. The van der Waals surface area contributed by atoms with E-state index in [1.807, 2.05) is 0 Å². The average Bonchev–Trinajstić information content (AvgIpc) is 2.16. The molecule has 0 unspecified atom stereocenters. The van der Waals surface area contributed by atoms with Gasteiger partial charge in [-0.05, 0) is 0 Å². The van der Waals surface area contributed by atoms with E-state index in [4.69, 9.17) is 5.84 Å². The Morgan fingerprint density at radius 3 is 1.69 bits per heavy atom. The van der Waals surface area contributed by atoms with Crippen molar-refractivity contribution in [2.75, 3.05) is 0 Å². The molecule has 0 aromatic rings. The van der Waals surface area contributed by atoms with Gasteiger partial charge in [0, 0.05) is 6.72 Å². The normalized spacial score (nSPS) is 9.92. The van der Waals surface area contributed by atoms with Crippen molar-refractivity contribution < 1.29 is 0 Å². The lowest BCUT2D eigenvalue weighted by molar-refractivity contribution is 0.234. The van der Waals surface area contributed by atoms with E-state index in [0.29, 0.717) is 0 Å². The highest BCUT2D eigenvalue weighted by molar-refractivity contribution is 5.21. The van der Waals surface area contributed by atoms with Crippen LogP contribution in [0.25, 0.3) is 0 Å². The van der Waals surface area contributed by atoms with Crippen LogP contribution in [0.1, 0.15) is 0 Å². The fourth-order valence-corrected chi connectivity index (χ4v) is 0.291. The molecule has 12 nitrogen and oxygen atoms in total. The molecule has 0 saturated carbocycles. The third-order valence-corrected chi connectivity index (χ3v) is 0.645. The average molecular weight is 194 g/mol. The summed E-state index contributed by atoms with van der Waals surface area (Å²) in [5, 5.41) is 3.27. The van der Waals surface area contributed by atoms with Crippen molar-refractivity contribution in [3.05, 3.63) is 0 Å². The number of nitrogens with one attached hydrogen (secondary N) is 10. The molecule has 0 aliphatic heterocycles. The van der Waals surface area contributed by atoms with Crippen LogP contribution in [0.4, 0.5) is 0 Å². The second-order valence-electron chi connectivity index (χ2n) is 1.41. The molecular weight excluding hydrogens is 180 g/mol. The molecule has 0 spiro atoms. The molecule has 0 aromatic carbocycles. The molecule has 0 saturated heterocycles. The Kier molecular flexibility index (Phi) is 10.3. The zero-order chi connectivity index (χ0) is 9.78. The van der Waals surface area contributed by atoms with Gasteiger partial charge >= 0.3 is 0 Å². The van der Waals surface area contributed by atoms with Crippen molar-refractivity contribution in [3.8, 4) is 0 Å². The van der Waals surface area contributed by atoms with Crippen molar-refractivity contribution in [3.63, 3.8) is 0 Å². The highest BCUT2D eigenvalue weighted by Crippen LogP contribution is 1.33. The minimum Gasteiger partial charge on any atom is -0.257 e. The highest BCUT2D eigenvalue weighted by atomic mass is 16.0. The first kappa shape index (κ1) is 12.1. The molecule has 13 heavy (non-hydrogen) atoms. The maximum absolute atomic E-state index is 4.85. The molecule has 12 N–H and O–H groups in total. The van der Waals surface area contributed by atoms with Crippen LogP contribution < -0.4 is 61.2 Å². The van der Waals surface area contributed by atoms with Crippen molar-refractivity contribution in [1.29, 1.82) is 0 Å². The molecule has 0 amide bonds. The Hall–Kier alpha value is -0.930. The monoisotopic (exact) mass is 194 g/mol. The molecule has 78 valence electrons. The predicted octanol–water partition coefficient (Wildman–Crippen LogP) is -5.39. The van der Waals surface area contributed by atoms with Gasteiger partial charge < -0.3 is 0 Å². The van der Waals surface area contributed by atoms with Crippen molar-refractivity contribution >= 4 is 6.72 Å². The number of hydrazine groups is 10. The zero-order valence-electron chi connectivity index (χ0n) is 6.73. The molecule has 0 atom stereocenters. The van der Waals surface area contributed by atoms with E-state index < -0.39 is 0 Å².